The maximum absolute atomic E-state index is 10.7. The van der Waals surface area contributed by atoms with Crippen LogP contribution in [0.1, 0.15) is 88.7 Å². The molecule has 2 saturated heterocycles. The normalized spacial score (nSPS) is 12.3. The van der Waals surface area contributed by atoms with E-state index in [1.807, 2.05) is 122 Å². The van der Waals surface area contributed by atoms with Crippen LogP contribution >= 0.6 is 166 Å². The summed E-state index contributed by atoms with van der Waals surface area (Å²) in [5.74, 6) is 0. The van der Waals surface area contributed by atoms with E-state index in [9.17, 15) is 4.79 Å². The second-order valence-electron chi connectivity index (χ2n) is 15.5. The average molecular weight is 1370 g/mol. The van der Waals surface area contributed by atoms with Crippen LogP contribution in [0.15, 0.2) is 178 Å². The molecule has 79 heavy (non-hydrogen) atoms. The SMILES string of the molecule is C.C.C.Cc1sc(C2OCCO2)cc1Br.Cc1sc(C2OCCO2)cc1Sc1cccc(Cl)c1.Cc1sc(C=O)cc1Sc1cccc(Cl)c1.Clc1cccc(SSc2cccc(Cl)c2)c1.Sc1cccc(Cl)c1.[CH2-]CCC.[Li+]. The summed E-state index contributed by atoms with van der Waals surface area (Å²) in [6.45, 7) is 14.7. The molecular weight excluding hydrogens is 1310 g/mol. The fourth-order valence-electron chi connectivity index (χ4n) is 5.92. The first kappa shape index (κ1) is 76.0. The molecule has 0 spiro atoms. The Hall–Kier alpha value is -1.01. The summed E-state index contributed by atoms with van der Waals surface area (Å²) in [5, 5.41) is 3.75. The second-order valence-corrected chi connectivity index (χ2v) is 27.4. The molecule has 20 heteroatoms. The van der Waals surface area contributed by atoms with Crippen LogP contribution in [-0.4, -0.2) is 32.7 Å². The topological polar surface area (TPSA) is 54.0 Å². The number of hydrogen-bond acceptors (Lipinski definition) is 13. The molecule has 2 aliphatic rings. The van der Waals surface area contributed by atoms with E-state index in [1.54, 1.807) is 73.9 Å². The molecule has 5 aromatic carbocycles. The van der Waals surface area contributed by atoms with E-state index in [-0.39, 0.29) is 53.7 Å². The van der Waals surface area contributed by atoms with Gasteiger partial charge in [0.2, 0.25) is 0 Å². The van der Waals surface area contributed by atoms with Gasteiger partial charge in [-0.05, 0) is 146 Å². The number of unbranched alkanes of at least 4 members (excludes halogenated alkanes) is 1. The average Bonchev–Trinajstić information content (AvgIpc) is 4.27. The quantitative estimate of drug-likeness (QED) is 0.0449. The second kappa shape index (κ2) is 41.9. The molecule has 2 aliphatic heterocycles. The van der Waals surface area contributed by atoms with Crippen LogP contribution in [0.5, 0.6) is 0 Å². The van der Waals surface area contributed by atoms with E-state index < -0.39 is 0 Å². The van der Waals surface area contributed by atoms with Gasteiger partial charge in [-0.1, -0.05) is 169 Å². The minimum absolute atomic E-state index is 0. The zero-order chi connectivity index (χ0) is 54.1. The van der Waals surface area contributed by atoms with Gasteiger partial charge in [0.25, 0.3) is 0 Å². The first-order valence-corrected chi connectivity index (χ1v) is 32.3. The van der Waals surface area contributed by atoms with E-state index in [1.165, 1.54) is 32.4 Å². The molecule has 3 aromatic heterocycles. The minimum Gasteiger partial charge on any atom is -0.345 e. The monoisotopic (exact) mass is 1370 g/mol. The summed E-state index contributed by atoms with van der Waals surface area (Å²) in [6, 6.07) is 44.7. The van der Waals surface area contributed by atoms with Gasteiger partial charge in [-0.25, -0.2) is 0 Å². The standard InChI is InChI=1S/C14H13ClO2S2.C12H8Cl2S2.C12H9ClOS2.C8H9BrO2S.C6H5ClS.C4H9.3CH4.Li/c1-9-12(19-11-4-2-3-10(15)7-11)8-13(18-9)14-16-5-6-17-14;13-9-3-1-5-11(7-9)15-16-12-6-2-4-10(14)8-12;1-8-12(6-11(7-14)15-8)16-10-4-2-3-9(13)5-10;1-5-6(9)4-7(12-5)8-10-2-3-11-8;7-5-2-1-3-6(8)4-5;1-3-4-2;;;;/h2-4,7-8,14H,5-6H2,1H3;1-8H;2-7H,1H3;4,8H,2-3H2,1H3;1-4,8H;1,3-4H2,2H3;3*1H4;/q;;;;;-1;;;;+1. The number of hydrogen-bond donors (Lipinski definition) is 1. The fourth-order valence-corrected chi connectivity index (χ4v) is 15.1. The summed E-state index contributed by atoms with van der Waals surface area (Å²) in [4.78, 5) is 25.2. The Balaban J connectivity index is 0.000000488. The molecule has 0 bridgehead atoms. The van der Waals surface area contributed by atoms with Gasteiger partial charge < -0.3 is 25.9 Å². The van der Waals surface area contributed by atoms with Crippen LogP contribution in [0.25, 0.3) is 0 Å². The van der Waals surface area contributed by atoms with E-state index in [2.05, 4.69) is 74.5 Å². The Bertz CT molecular complexity index is 2900. The van der Waals surface area contributed by atoms with Crippen molar-refractivity contribution in [3.63, 3.8) is 0 Å². The van der Waals surface area contributed by atoms with Gasteiger partial charge >= 0.3 is 18.9 Å². The number of halogens is 6. The molecule has 0 saturated carbocycles. The molecule has 0 aliphatic carbocycles. The van der Waals surface area contributed by atoms with Crippen molar-refractivity contribution in [1.29, 1.82) is 0 Å². The molecule has 0 unspecified atom stereocenters. The van der Waals surface area contributed by atoms with Crippen molar-refractivity contribution in [3.05, 3.63) is 205 Å². The molecule has 10 rings (SSSR count). The molecule has 0 radical (unpaired) electrons. The Labute approximate surface area is 549 Å². The molecular formula is C59H65BrCl5LiO5S8. The zero-order valence-electron chi connectivity index (χ0n) is 42.1. The van der Waals surface area contributed by atoms with Gasteiger partial charge in [-0.2, -0.15) is 6.42 Å². The van der Waals surface area contributed by atoms with Crippen LogP contribution in [-0.2, 0) is 18.9 Å². The first-order chi connectivity index (χ1) is 36.1. The molecule has 8 aromatic rings. The van der Waals surface area contributed by atoms with Crippen LogP contribution in [0.4, 0.5) is 0 Å². The number of ether oxygens (including phenoxy) is 4. The predicted molar refractivity (Wildman–Crippen MR) is 354 cm³/mol. The van der Waals surface area contributed by atoms with Gasteiger partial charge in [0.1, 0.15) is 0 Å². The van der Waals surface area contributed by atoms with Crippen molar-refractivity contribution in [1.82, 2.24) is 0 Å². The maximum atomic E-state index is 10.7. The minimum atomic E-state index is -0.183. The van der Waals surface area contributed by atoms with Crippen LogP contribution in [0.3, 0.4) is 0 Å². The van der Waals surface area contributed by atoms with Crippen LogP contribution < -0.4 is 18.9 Å². The van der Waals surface area contributed by atoms with Crippen molar-refractivity contribution in [2.75, 3.05) is 26.4 Å². The summed E-state index contributed by atoms with van der Waals surface area (Å²) in [6.07, 6.45) is 2.86. The fraction of sp³-hybridized carbons (Fsp3) is 0.254. The molecule has 5 nitrogen and oxygen atoms in total. The summed E-state index contributed by atoms with van der Waals surface area (Å²) < 4.78 is 23.0. The third-order valence-corrected chi connectivity index (χ3v) is 20.1. The number of benzene rings is 5. The summed E-state index contributed by atoms with van der Waals surface area (Å²) in [7, 11) is 3.34. The van der Waals surface area contributed by atoms with E-state index in [4.69, 9.17) is 77.0 Å². The Morgan fingerprint density at radius 3 is 1.25 bits per heavy atom. The number of carbonyl (C=O) groups is 1. The smallest absolute Gasteiger partial charge is 0.345 e. The summed E-state index contributed by atoms with van der Waals surface area (Å²) >= 11 is 45.2. The van der Waals surface area contributed by atoms with Crippen molar-refractivity contribution >= 4 is 172 Å². The number of thiol groups is 1. The zero-order valence-corrected chi connectivity index (χ0v) is 54.1. The Morgan fingerprint density at radius 2 is 0.911 bits per heavy atom. The van der Waals surface area contributed by atoms with Crippen molar-refractivity contribution < 1.29 is 42.6 Å². The van der Waals surface area contributed by atoms with Crippen molar-refractivity contribution in [2.24, 2.45) is 0 Å². The molecule has 0 amide bonds. The van der Waals surface area contributed by atoms with Crippen LogP contribution in [0, 0.1) is 27.7 Å². The third-order valence-electron chi connectivity index (χ3n) is 9.52. The molecule has 5 heterocycles. The van der Waals surface area contributed by atoms with Gasteiger partial charge in [0.15, 0.2) is 18.9 Å². The molecule has 0 atom stereocenters. The van der Waals surface area contributed by atoms with Crippen molar-refractivity contribution in [3.8, 4) is 0 Å². The van der Waals surface area contributed by atoms with Gasteiger partial charge in [-0.15, -0.1) is 46.6 Å². The summed E-state index contributed by atoms with van der Waals surface area (Å²) in [5.41, 5.74) is 0. The van der Waals surface area contributed by atoms with Gasteiger partial charge in [-0.3, -0.25) is 4.79 Å². The number of rotatable bonds is 11. The Morgan fingerprint density at radius 1 is 0.557 bits per heavy atom. The molecule has 0 N–H and O–H groups in total. The predicted octanol–water partition coefficient (Wildman–Crippen LogP) is 21.4. The number of aldehydes is 1. The first-order valence-electron chi connectivity index (χ1n) is 23.0. The number of thiophene rings is 3. The van der Waals surface area contributed by atoms with Gasteiger partial charge in [0, 0.05) is 78.5 Å². The van der Waals surface area contributed by atoms with Crippen LogP contribution in [0.2, 0.25) is 25.1 Å². The van der Waals surface area contributed by atoms with Crippen molar-refractivity contribution in [2.45, 2.75) is 110 Å². The van der Waals surface area contributed by atoms with E-state index >= 15 is 0 Å². The Kier molecular flexibility index (Phi) is 40.3. The number of aryl methyl sites for hydroxylation is 3. The molecule has 422 valence electrons. The third kappa shape index (κ3) is 28.6. The van der Waals surface area contributed by atoms with E-state index in [0.717, 1.165) is 91.2 Å². The largest absolute Gasteiger partial charge is 1.00 e. The maximum Gasteiger partial charge on any atom is 1.00 e. The molecule has 2 fully saturated rings. The van der Waals surface area contributed by atoms with E-state index in [0.29, 0.717) is 26.4 Å². The van der Waals surface area contributed by atoms with Gasteiger partial charge in [0.05, 0.1) is 41.1 Å². The number of carbonyl (C=O) groups excluding carboxylic acids is 1.